The molecule has 2 aromatic rings. The number of hydrogen-bond acceptors (Lipinski definition) is 4. The predicted molar refractivity (Wildman–Crippen MR) is 61.7 cm³/mol. The summed E-state index contributed by atoms with van der Waals surface area (Å²) >= 11 is 0. The summed E-state index contributed by atoms with van der Waals surface area (Å²) in [6, 6.07) is 4.58. The predicted octanol–water partition coefficient (Wildman–Crippen LogP) is 1.60. The molecule has 2 rings (SSSR count). The molecule has 1 N–H and O–H groups in total. The molecule has 0 aliphatic rings. The highest BCUT2D eigenvalue weighted by Crippen LogP contribution is 2.11. The van der Waals surface area contributed by atoms with Crippen molar-refractivity contribution in [1.82, 2.24) is 9.71 Å². The molecule has 18 heavy (non-hydrogen) atoms. The van der Waals surface area contributed by atoms with E-state index in [0.29, 0.717) is 11.5 Å². The Kier molecular flexibility index (Phi) is 3.44. The van der Waals surface area contributed by atoms with E-state index in [2.05, 4.69) is 9.71 Å². The zero-order valence-corrected chi connectivity index (χ0v) is 10.4. The van der Waals surface area contributed by atoms with Crippen LogP contribution in [0.1, 0.15) is 11.5 Å². The molecule has 0 spiro atoms. The molecule has 0 saturated carbocycles. The van der Waals surface area contributed by atoms with Crippen molar-refractivity contribution in [3.8, 4) is 0 Å². The van der Waals surface area contributed by atoms with Crippen LogP contribution < -0.4 is 4.72 Å². The Balaban J connectivity index is 2.13. The van der Waals surface area contributed by atoms with Gasteiger partial charge in [0.05, 0.1) is 17.1 Å². The van der Waals surface area contributed by atoms with Crippen molar-refractivity contribution in [3.05, 3.63) is 47.9 Å². The van der Waals surface area contributed by atoms with Gasteiger partial charge in [0.15, 0.2) is 6.39 Å². The van der Waals surface area contributed by atoms with Crippen LogP contribution in [-0.2, 0) is 16.6 Å². The van der Waals surface area contributed by atoms with Crippen LogP contribution in [0.3, 0.4) is 0 Å². The topological polar surface area (TPSA) is 72.2 Å². The van der Waals surface area contributed by atoms with Gasteiger partial charge >= 0.3 is 0 Å². The molecule has 0 bridgehead atoms. The fraction of sp³-hybridized carbons (Fsp3) is 0.182. The Labute approximate surface area is 104 Å². The quantitative estimate of drug-likeness (QED) is 0.916. The van der Waals surface area contributed by atoms with E-state index in [1.165, 1.54) is 18.5 Å². The van der Waals surface area contributed by atoms with Gasteiger partial charge in [0.2, 0.25) is 10.0 Å². The van der Waals surface area contributed by atoms with E-state index in [9.17, 15) is 12.8 Å². The summed E-state index contributed by atoms with van der Waals surface area (Å²) in [5, 5.41) is 0. The minimum atomic E-state index is -3.67. The van der Waals surface area contributed by atoms with Crippen LogP contribution in [0.2, 0.25) is 0 Å². The minimum absolute atomic E-state index is 0.000989. The normalized spacial score (nSPS) is 11.7. The third kappa shape index (κ3) is 2.74. The van der Waals surface area contributed by atoms with Crippen LogP contribution in [0.5, 0.6) is 0 Å². The lowest BCUT2D eigenvalue weighted by Gasteiger charge is -2.05. The van der Waals surface area contributed by atoms with Gasteiger partial charge < -0.3 is 4.42 Å². The SMILES string of the molecule is Cc1ncoc1CNS(=O)(=O)c1ccc(F)cc1. The fourth-order valence-electron chi connectivity index (χ4n) is 1.35. The van der Waals surface area contributed by atoms with E-state index >= 15 is 0 Å². The van der Waals surface area contributed by atoms with Gasteiger partial charge in [-0.2, -0.15) is 0 Å². The maximum atomic E-state index is 12.7. The number of nitrogens with one attached hydrogen (secondary N) is 1. The monoisotopic (exact) mass is 270 g/mol. The van der Waals surface area contributed by atoms with Crippen molar-refractivity contribution < 1.29 is 17.2 Å². The van der Waals surface area contributed by atoms with E-state index in [4.69, 9.17) is 4.42 Å². The van der Waals surface area contributed by atoms with Crippen LogP contribution in [-0.4, -0.2) is 13.4 Å². The lowest BCUT2D eigenvalue weighted by atomic mass is 10.4. The first-order chi connectivity index (χ1) is 8.49. The van der Waals surface area contributed by atoms with Crippen molar-refractivity contribution >= 4 is 10.0 Å². The van der Waals surface area contributed by atoms with Crippen LogP contribution in [0.15, 0.2) is 40.0 Å². The molecule has 0 aliphatic carbocycles. The van der Waals surface area contributed by atoms with Crippen LogP contribution in [0.25, 0.3) is 0 Å². The van der Waals surface area contributed by atoms with Gasteiger partial charge in [0, 0.05) is 0 Å². The van der Waals surface area contributed by atoms with Crippen LogP contribution in [0.4, 0.5) is 4.39 Å². The number of aryl methyl sites for hydroxylation is 1. The average Bonchev–Trinajstić information content (AvgIpc) is 2.73. The van der Waals surface area contributed by atoms with Gasteiger partial charge in [-0.3, -0.25) is 0 Å². The molecule has 7 heteroatoms. The summed E-state index contributed by atoms with van der Waals surface area (Å²) in [4.78, 5) is 3.85. The summed E-state index contributed by atoms with van der Waals surface area (Å²) in [5.74, 6) is -0.0410. The van der Waals surface area contributed by atoms with Crippen LogP contribution >= 0.6 is 0 Å². The Morgan fingerprint density at radius 3 is 2.56 bits per heavy atom. The molecule has 0 aliphatic heterocycles. The molecular formula is C11H11FN2O3S. The number of aromatic nitrogens is 1. The highest BCUT2D eigenvalue weighted by atomic mass is 32.2. The summed E-state index contributed by atoms with van der Waals surface area (Å²) in [7, 11) is -3.67. The Morgan fingerprint density at radius 1 is 1.33 bits per heavy atom. The molecule has 0 atom stereocenters. The maximum Gasteiger partial charge on any atom is 0.240 e. The van der Waals surface area contributed by atoms with E-state index in [-0.39, 0.29) is 11.4 Å². The van der Waals surface area contributed by atoms with Gasteiger partial charge in [-0.05, 0) is 31.2 Å². The Hall–Kier alpha value is -1.73. The number of oxazole rings is 1. The number of halogens is 1. The van der Waals surface area contributed by atoms with Gasteiger partial charge in [-0.1, -0.05) is 0 Å². The van der Waals surface area contributed by atoms with Crippen molar-refractivity contribution in [2.75, 3.05) is 0 Å². The molecular weight excluding hydrogens is 259 g/mol. The lowest BCUT2D eigenvalue weighted by Crippen LogP contribution is -2.23. The summed E-state index contributed by atoms with van der Waals surface area (Å²) in [5.41, 5.74) is 0.622. The second-order valence-electron chi connectivity index (χ2n) is 3.64. The molecule has 1 aromatic heterocycles. The van der Waals surface area contributed by atoms with Gasteiger partial charge in [-0.15, -0.1) is 0 Å². The van der Waals surface area contributed by atoms with Gasteiger partial charge in [0.25, 0.3) is 0 Å². The molecule has 0 fully saturated rings. The number of hydrogen-bond donors (Lipinski definition) is 1. The minimum Gasteiger partial charge on any atom is -0.447 e. The maximum absolute atomic E-state index is 12.7. The Morgan fingerprint density at radius 2 is 2.00 bits per heavy atom. The van der Waals surface area contributed by atoms with Gasteiger partial charge in [0.1, 0.15) is 11.6 Å². The van der Waals surface area contributed by atoms with Crippen molar-refractivity contribution in [1.29, 1.82) is 0 Å². The molecule has 0 unspecified atom stereocenters. The third-order valence-electron chi connectivity index (χ3n) is 2.39. The third-order valence-corrected chi connectivity index (χ3v) is 3.81. The van der Waals surface area contributed by atoms with Crippen LogP contribution in [0, 0.1) is 12.7 Å². The number of sulfonamides is 1. The first-order valence-corrected chi connectivity index (χ1v) is 6.61. The number of rotatable bonds is 4. The van der Waals surface area contributed by atoms with Crippen molar-refractivity contribution in [2.24, 2.45) is 0 Å². The van der Waals surface area contributed by atoms with E-state index in [1.807, 2.05) is 0 Å². The zero-order chi connectivity index (χ0) is 13.2. The van der Waals surface area contributed by atoms with Crippen molar-refractivity contribution in [3.63, 3.8) is 0 Å². The molecule has 0 radical (unpaired) electrons. The molecule has 96 valence electrons. The van der Waals surface area contributed by atoms with E-state index in [1.54, 1.807) is 6.92 Å². The second-order valence-corrected chi connectivity index (χ2v) is 5.41. The number of nitrogens with zero attached hydrogens (tertiary/aromatic N) is 1. The van der Waals surface area contributed by atoms with E-state index in [0.717, 1.165) is 12.1 Å². The highest BCUT2D eigenvalue weighted by molar-refractivity contribution is 7.89. The largest absolute Gasteiger partial charge is 0.447 e. The smallest absolute Gasteiger partial charge is 0.240 e. The molecule has 5 nitrogen and oxygen atoms in total. The summed E-state index contributed by atoms with van der Waals surface area (Å²) < 4.78 is 43.8. The first kappa shape index (κ1) is 12.7. The first-order valence-electron chi connectivity index (χ1n) is 5.13. The zero-order valence-electron chi connectivity index (χ0n) is 9.55. The fourth-order valence-corrected chi connectivity index (χ4v) is 2.34. The standard InChI is InChI=1S/C11H11FN2O3S/c1-8-11(17-7-13-8)6-14-18(15,16)10-4-2-9(12)3-5-10/h2-5,7,14H,6H2,1H3. The summed E-state index contributed by atoms with van der Waals surface area (Å²) in [6.45, 7) is 1.72. The summed E-state index contributed by atoms with van der Waals surface area (Å²) in [6.07, 6.45) is 1.25. The average molecular weight is 270 g/mol. The second kappa shape index (κ2) is 4.87. The van der Waals surface area contributed by atoms with Gasteiger partial charge in [-0.25, -0.2) is 22.5 Å². The molecule has 0 saturated heterocycles. The Bertz CT molecular complexity index is 635. The van der Waals surface area contributed by atoms with Crippen molar-refractivity contribution in [2.45, 2.75) is 18.4 Å². The number of benzene rings is 1. The highest BCUT2D eigenvalue weighted by Gasteiger charge is 2.15. The molecule has 1 heterocycles. The molecule has 1 aromatic carbocycles. The lowest BCUT2D eigenvalue weighted by molar-refractivity contribution is 0.492. The van der Waals surface area contributed by atoms with E-state index < -0.39 is 15.8 Å². The molecule has 0 amide bonds.